The standard InChI is InChI=1S/C12H15NO2/c13-12(14)7-6-9-3-1-5-11-10(9)4-2-8-15-11/h1,3,5H,2,4,6-8H2,(H2,13,14). The Morgan fingerprint density at radius 1 is 1.47 bits per heavy atom. The zero-order chi connectivity index (χ0) is 10.7. The van der Waals surface area contributed by atoms with E-state index >= 15 is 0 Å². The normalized spacial score (nSPS) is 14.1. The van der Waals surface area contributed by atoms with Crippen LogP contribution in [0.1, 0.15) is 24.0 Å². The van der Waals surface area contributed by atoms with Crippen molar-refractivity contribution in [3.8, 4) is 5.75 Å². The van der Waals surface area contributed by atoms with Gasteiger partial charge in [-0.1, -0.05) is 12.1 Å². The van der Waals surface area contributed by atoms with Crippen molar-refractivity contribution in [3.05, 3.63) is 29.3 Å². The molecule has 0 aromatic heterocycles. The summed E-state index contributed by atoms with van der Waals surface area (Å²) in [7, 11) is 0. The van der Waals surface area contributed by atoms with E-state index in [9.17, 15) is 4.79 Å². The summed E-state index contributed by atoms with van der Waals surface area (Å²) in [4.78, 5) is 10.7. The summed E-state index contributed by atoms with van der Waals surface area (Å²) in [6.07, 6.45) is 3.24. The van der Waals surface area contributed by atoms with Crippen molar-refractivity contribution < 1.29 is 9.53 Å². The van der Waals surface area contributed by atoms with Crippen LogP contribution in [0.2, 0.25) is 0 Å². The van der Waals surface area contributed by atoms with Crippen LogP contribution in [0.25, 0.3) is 0 Å². The Hall–Kier alpha value is -1.51. The van der Waals surface area contributed by atoms with Gasteiger partial charge in [0.1, 0.15) is 5.75 Å². The highest BCUT2D eigenvalue weighted by molar-refractivity contribution is 5.74. The number of primary amides is 1. The Bertz CT molecular complexity index is 374. The zero-order valence-electron chi connectivity index (χ0n) is 8.66. The number of rotatable bonds is 3. The van der Waals surface area contributed by atoms with Crippen LogP contribution in [-0.4, -0.2) is 12.5 Å². The third kappa shape index (κ3) is 2.29. The first-order valence-corrected chi connectivity index (χ1v) is 5.29. The molecule has 1 aromatic rings. The molecule has 0 spiro atoms. The number of ether oxygens (including phenoxy) is 1. The lowest BCUT2D eigenvalue weighted by atomic mass is 9.97. The van der Waals surface area contributed by atoms with E-state index in [4.69, 9.17) is 10.5 Å². The highest BCUT2D eigenvalue weighted by Crippen LogP contribution is 2.28. The predicted molar refractivity (Wildman–Crippen MR) is 57.8 cm³/mol. The molecule has 0 radical (unpaired) electrons. The van der Waals surface area contributed by atoms with Crippen molar-refractivity contribution in [1.29, 1.82) is 0 Å². The smallest absolute Gasteiger partial charge is 0.217 e. The van der Waals surface area contributed by atoms with Gasteiger partial charge in [0.05, 0.1) is 6.61 Å². The third-order valence-electron chi connectivity index (χ3n) is 2.70. The van der Waals surface area contributed by atoms with Gasteiger partial charge in [0.15, 0.2) is 0 Å². The molecule has 2 rings (SSSR count). The lowest BCUT2D eigenvalue weighted by Gasteiger charge is -2.19. The van der Waals surface area contributed by atoms with Crippen molar-refractivity contribution >= 4 is 5.91 Å². The highest BCUT2D eigenvalue weighted by atomic mass is 16.5. The second-order valence-corrected chi connectivity index (χ2v) is 3.81. The average molecular weight is 205 g/mol. The van der Waals surface area contributed by atoms with Gasteiger partial charge in [0, 0.05) is 6.42 Å². The van der Waals surface area contributed by atoms with Gasteiger partial charge in [0.2, 0.25) is 5.91 Å². The zero-order valence-corrected chi connectivity index (χ0v) is 8.66. The van der Waals surface area contributed by atoms with Gasteiger partial charge >= 0.3 is 0 Å². The number of carbonyl (C=O) groups excluding carboxylic acids is 1. The number of carbonyl (C=O) groups is 1. The van der Waals surface area contributed by atoms with Gasteiger partial charge in [-0.3, -0.25) is 4.79 Å². The van der Waals surface area contributed by atoms with Crippen molar-refractivity contribution in [2.45, 2.75) is 25.7 Å². The van der Waals surface area contributed by atoms with Crippen molar-refractivity contribution in [1.82, 2.24) is 0 Å². The molecule has 2 N–H and O–H groups in total. The van der Waals surface area contributed by atoms with Crippen molar-refractivity contribution in [2.75, 3.05) is 6.61 Å². The van der Waals surface area contributed by atoms with Gasteiger partial charge in [-0.05, 0) is 36.5 Å². The Morgan fingerprint density at radius 3 is 3.13 bits per heavy atom. The van der Waals surface area contributed by atoms with Gasteiger partial charge in [-0.25, -0.2) is 0 Å². The summed E-state index contributed by atoms with van der Waals surface area (Å²) < 4.78 is 5.55. The minimum absolute atomic E-state index is 0.246. The van der Waals surface area contributed by atoms with Crippen LogP contribution < -0.4 is 10.5 Å². The van der Waals surface area contributed by atoms with Gasteiger partial charge in [0.25, 0.3) is 0 Å². The number of hydrogen-bond donors (Lipinski definition) is 1. The lowest BCUT2D eigenvalue weighted by molar-refractivity contribution is -0.117. The quantitative estimate of drug-likeness (QED) is 0.811. The second kappa shape index (κ2) is 4.34. The minimum atomic E-state index is -0.246. The summed E-state index contributed by atoms with van der Waals surface area (Å²) in [5.41, 5.74) is 7.60. The molecule has 1 aliphatic rings. The van der Waals surface area contributed by atoms with Gasteiger partial charge in [-0.15, -0.1) is 0 Å². The van der Waals surface area contributed by atoms with Gasteiger partial charge < -0.3 is 10.5 Å². The highest BCUT2D eigenvalue weighted by Gasteiger charge is 2.13. The number of amides is 1. The molecule has 0 unspecified atom stereocenters. The minimum Gasteiger partial charge on any atom is -0.493 e. The fraction of sp³-hybridized carbons (Fsp3) is 0.417. The predicted octanol–water partition coefficient (Wildman–Crippen LogP) is 1.43. The lowest BCUT2D eigenvalue weighted by Crippen LogP contribution is -2.14. The third-order valence-corrected chi connectivity index (χ3v) is 2.70. The van der Waals surface area contributed by atoms with Gasteiger partial charge in [-0.2, -0.15) is 0 Å². The van der Waals surface area contributed by atoms with Crippen LogP contribution in [0.15, 0.2) is 18.2 Å². The van der Waals surface area contributed by atoms with E-state index in [0.717, 1.165) is 31.6 Å². The van der Waals surface area contributed by atoms with E-state index in [1.165, 1.54) is 11.1 Å². The monoisotopic (exact) mass is 205 g/mol. The summed E-state index contributed by atoms with van der Waals surface area (Å²) >= 11 is 0. The van der Waals surface area contributed by atoms with Crippen LogP contribution in [-0.2, 0) is 17.6 Å². The number of aryl methyl sites for hydroxylation is 1. The first kappa shape index (κ1) is 10.0. The van der Waals surface area contributed by atoms with Crippen LogP contribution in [0.3, 0.4) is 0 Å². The van der Waals surface area contributed by atoms with E-state index in [-0.39, 0.29) is 5.91 Å². The Kier molecular flexibility index (Phi) is 2.90. The van der Waals surface area contributed by atoms with Crippen molar-refractivity contribution in [3.63, 3.8) is 0 Å². The van der Waals surface area contributed by atoms with Crippen LogP contribution in [0.5, 0.6) is 5.75 Å². The SMILES string of the molecule is NC(=O)CCc1cccc2c1CCCO2. The number of fused-ring (bicyclic) bond motifs is 1. The maximum Gasteiger partial charge on any atom is 0.217 e. The molecule has 0 saturated carbocycles. The largest absolute Gasteiger partial charge is 0.493 e. The van der Waals surface area contributed by atoms with Crippen LogP contribution in [0.4, 0.5) is 0 Å². The summed E-state index contributed by atoms with van der Waals surface area (Å²) in [5.74, 6) is 0.729. The molecule has 1 aliphatic heterocycles. The fourth-order valence-electron chi connectivity index (χ4n) is 1.95. The molecule has 0 fully saturated rings. The van der Waals surface area contributed by atoms with Crippen LogP contribution >= 0.6 is 0 Å². The van der Waals surface area contributed by atoms with E-state index in [1.54, 1.807) is 0 Å². The van der Waals surface area contributed by atoms with Crippen molar-refractivity contribution in [2.24, 2.45) is 5.73 Å². The molecule has 0 aliphatic carbocycles. The van der Waals surface area contributed by atoms with E-state index in [0.29, 0.717) is 6.42 Å². The molecule has 3 heteroatoms. The maximum absolute atomic E-state index is 10.7. The molecule has 0 saturated heterocycles. The molecular weight excluding hydrogens is 190 g/mol. The number of benzene rings is 1. The van der Waals surface area contributed by atoms with E-state index in [1.807, 2.05) is 12.1 Å². The molecule has 1 heterocycles. The Balaban J connectivity index is 2.19. The van der Waals surface area contributed by atoms with E-state index in [2.05, 4.69) is 6.07 Å². The molecule has 1 amide bonds. The fourth-order valence-corrected chi connectivity index (χ4v) is 1.95. The number of hydrogen-bond acceptors (Lipinski definition) is 2. The number of nitrogens with two attached hydrogens (primary N) is 1. The molecule has 1 aromatic carbocycles. The molecule has 80 valence electrons. The molecular formula is C12H15NO2. The topological polar surface area (TPSA) is 52.3 Å². The second-order valence-electron chi connectivity index (χ2n) is 3.81. The summed E-state index contributed by atoms with van der Waals surface area (Å²) in [6.45, 7) is 0.798. The molecule has 3 nitrogen and oxygen atoms in total. The summed E-state index contributed by atoms with van der Waals surface area (Å²) in [6, 6.07) is 6.01. The average Bonchev–Trinajstić information content (AvgIpc) is 2.26. The summed E-state index contributed by atoms with van der Waals surface area (Å²) in [5, 5.41) is 0. The first-order chi connectivity index (χ1) is 7.27. The maximum atomic E-state index is 10.7. The Labute approximate surface area is 89.2 Å². The Morgan fingerprint density at radius 2 is 2.33 bits per heavy atom. The molecule has 15 heavy (non-hydrogen) atoms. The van der Waals surface area contributed by atoms with E-state index < -0.39 is 0 Å². The first-order valence-electron chi connectivity index (χ1n) is 5.29. The molecule has 0 atom stereocenters. The van der Waals surface area contributed by atoms with Crippen LogP contribution in [0, 0.1) is 0 Å². The molecule has 0 bridgehead atoms.